The Bertz CT molecular complexity index is 1330. The fourth-order valence-corrected chi connectivity index (χ4v) is 5.48. The van der Waals surface area contributed by atoms with Gasteiger partial charge in [0.2, 0.25) is 5.91 Å². The molecule has 3 aromatic rings. The van der Waals surface area contributed by atoms with E-state index in [-0.39, 0.29) is 36.4 Å². The Hall–Kier alpha value is -3.66. The number of ether oxygens (including phenoxy) is 1. The largest absolute Gasteiger partial charge is 0.369 e. The molecule has 10 heteroatoms. The lowest BCUT2D eigenvalue weighted by Crippen LogP contribution is -2.54. The number of fused-ring (bicyclic) bond motifs is 1. The van der Waals surface area contributed by atoms with Gasteiger partial charge in [-0.25, -0.2) is 14.6 Å². The molecule has 1 aromatic carbocycles. The van der Waals surface area contributed by atoms with Crippen molar-refractivity contribution in [1.82, 2.24) is 29.7 Å². The van der Waals surface area contributed by atoms with E-state index in [1.54, 1.807) is 15.7 Å². The summed E-state index contributed by atoms with van der Waals surface area (Å²) in [6, 6.07) is 12.6. The number of likely N-dealkylation sites (tertiary alicyclic amines) is 1. The van der Waals surface area contributed by atoms with E-state index in [1.807, 2.05) is 47.4 Å². The van der Waals surface area contributed by atoms with Crippen LogP contribution >= 0.6 is 0 Å². The summed E-state index contributed by atoms with van der Waals surface area (Å²) in [6.45, 7) is 2.33. The molecule has 3 fully saturated rings. The number of nitrogens with zero attached hydrogens (tertiary/aromatic N) is 4. The number of hydrogen-bond donors (Lipinski definition) is 2. The van der Waals surface area contributed by atoms with Gasteiger partial charge in [0.15, 0.2) is 5.65 Å². The third kappa shape index (κ3) is 4.98. The number of carbonyl (C=O) groups is 2. The van der Waals surface area contributed by atoms with Crippen LogP contribution in [0.5, 0.6) is 0 Å². The maximum Gasteiger partial charge on any atom is 0.327 e. The zero-order valence-electron chi connectivity index (χ0n) is 20.7. The second-order valence-corrected chi connectivity index (χ2v) is 10.3. The Balaban J connectivity index is 1.11. The van der Waals surface area contributed by atoms with E-state index in [9.17, 15) is 14.4 Å². The van der Waals surface area contributed by atoms with Crippen LogP contribution in [0.1, 0.15) is 43.4 Å². The summed E-state index contributed by atoms with van der Waals surface area (Å²) in [5.74, 6) is 0.461. The lowest BCUT2D eigenvalue weighted by molar-refractivity contribution is -0.132. The molecular formula is C27H32N6O4. The highest BCUT2D eigenvalue weighted by atomic mass is 16.5. The third-order valence-electron chi connectivity index (χ3n) is 7.71. The van der Waals surface area contributed by atoms with Gasteiger partial charge < -0.3 is 19.9 Å². The molecule has 2 aromatic heterocycles. The Morgan fingerprint density at radius 2 is 1.84 bits per heavy atom. The number of imidazole rings is 1. The smallest absolute Gasteiger partial charge is 0.327 e. The van der Waals surface area contributed by atoms with Gasteiger partial charge in [-0.3, -0.25) is 14.3 Å². The van der Waals surface area contributed by atoms with E-state index in [0.29, 0.717) is 50.6 Å². The molecule has 0 radical (unpaired) electrons. The van der Waals surface area contributed by atoms with Gasteiger partial charge in [-0.15, -0.1) is 0 Å². The van der Waals surface area contributed by atoms with E-state index >= 15 is 0 Å². The number of aromatic nitrogens is 3. The molecule has 3 aliphatic rings. The topological polar surface area (TPSA) is 113 Å². The molecule has 1 saturated carbocycles. The van der Waals surface area contributed by atoms with Crippen LogP contribution in [0.25, 0.3) is 11.2 Å². The quantitative estimate of drug-likeness (QED) is 0.554. The first-order valence-electron chi connectivity index (χ1n) is 13.1. The van der Waals surface area contributed by atoms with Crippen molar-refractivity contribution in [3.8, 4) is 0 Å². The van der Waals surface area contributed by atoms with Gasteiger partial charge in [0, 0.05) is 31.9 Å². The maximum atomic E-state index is 13.4. The summed E-state index contributed by atoms with van der Waals surface area (Å²) >= 11 is 0. The van der Waals surface area contributed by atoms with Crippen LogP contribution < -0.4 is 11.0 Å². The predicted octanol–water partition coefficient (Wildman–Crippen LogP) is 2.45. The molecule has 1 aliphatic carbocycles. The highest BCUT2D eigenvalue weighted by Crippen LogP contribution is 2.32. The van der Waals surface area contributed by atoms with Crippen LogP contribution in [-0.2, 0) is 9.53 Å². The molecule has 37 heavy (non-hydrogen) atoms. The van der Waals surface area contributed by atoms with E-state index in [2.05, 4.69) is 15.3 Å². The number of H-pyrrole nitrogens is 1. The van der Waals surface area contributed by atoms with Crippen molar-refractivity contribution in [2.24, 2.45) is 5.92 Å². The van der Waals surface area contributed by atoms with Crippen molar-refractivity contribution in [3.05, 3.63) is 64.7 Å². The number of pyridine rings is 1. The lowest BCUT2D eigenvalue weighted by atomic mass is 10.0. The number of benzene rings is 1. The average molecular weight is 505 g/mol. The number of amides is 3. The van der Waals surface area contributed by atoms with Crippen LogP contribution in [0.15, 0.2) is 53.5 Å². The zero-order chi connectivity index (χ0) is 25.4. The van der Waals surface area contributed by atoms with Crippen LogP contribution in [0.2, 0.25) is 0 Å². The van der Waals surface area contributed by atoms with Crippen molar-refractivity contribution in [2.75, 3.05) is 32.8 Å². The lowest BCUT2D eigenvalue weighted by Gasteiger charge is -2.33. The van der Waals surface area contributed by atoms with Crippen LogP contribution in [0, 0.1) is 5.92 Å². The molecule has 2 saturated heterocycles. The molecule has 6 rings (SSSR count). The molecular weight excluding hydrogens is 472 g/mol. The fraction of sp³-hybridized carbons (Fsp3) is 0.481. The average Bonchev–Trinajstić information content (AvgIpc) is 3.70. The first-order valence-corrected chi connectivity index (χ1v) is 13.1. The second-order valence-electron chi connectivity index (χ2n) is 10.3. The fourth-order valence-electron chi connectivity index (χ4n) is 5.48. The van der Waals surface area contributed by atoms with Crippen molar-refractivity contribution >= 4 is 23.1 Å². The molecule has 4 heterocycles. The Morgan fingerprint density at radius 1 is 1.05 bits per heavy atom. The molecule has 2 unspecified atom stereocenters. The summed E-state index contributed by atoms with van der Waals surface area (Å²) in [5, 5.41) is 2.95. The number of piperidine rings is 1. The summed E-state index contributed by atoms with van der Waals surface area (Å²) in [7, 11) is 0. The monoisotopic (exact) mass is 504 g/mol. The number of urea groups is 1. The first kappa shape index (κ1) is 23.7. The standard InChI is InChI=1S/C27H32N6O4/c34-25-21(17-37-23(19-5-2-1-3-6-19)16-32(25)15-18-8-9-18)29-26(35)31-13-10-20(11-14-31)33-22-7-4-12-28-24(22)30-27(33)36/h1-7,12,18,20-21,23H,8-11,13-17H2,(H,29,35)(H,28,30,36). The molecule has 10 nitrogen and oxygen atoms in total. The first-order chi connectivity index (χ1) is 18.1. The van der Waals surface area contributed by atoms with Gasteiger partial charge in [-0.05, 0) is 49.3 Å². The van der Waals surface area contributed by atoms with Gasteiger partial charge in [0.1, 0.15) is 12.1 Å². The van der Waals surface area contributed by atoms with E-state index in [4.69, 9.17) is 4.74 Å². The predicted molar refractivity (Wildman–Crippen MR) is 137 cm³/mol. The normalized spacial score (nSPS) is 23.3. The van der Waals surface area contributed by atoms with E-state index in [0.717, 1.165) is 23.9 Å². The van der Waals surface area contributed by atoms with Crippen LogP contribution in [0.4, 0.5) is 4.79 Å². The molecule has 2 aliphatic heterocycles. The van der Waals surface area contributed by atoms with Crippen LogP contribution in [0.3, 0.4) is 0 Å². The number of nitrogens with one attached hydrogen (secondary N) is 2. The number of rotatable bonds is 5. The summed E-state index contributed by atoms with van der Waals surface area (Å²) in [5.41, 5.74) is 2.21. The zero-order valence-corrected chi connectivity index (χ0v) is 20.7. The molecule has 0 bridgehead atoms. The number of aromatic amines is 1. The Labute approximate surface area is 214 Å². The molecule has 2 atom stereocenters. The highest BCUT2D eigenvalue weighted by molar-refractivity contribution is 5.87. The van der Waals surface area contributed by atoms with Crippen molar-refractivity contribution in [2.45, 2.75) is 43.9 Å². The number of hydrogen-bond acceptors (Lipinski definition) is 5. The maximum absolute atomic E-state index is 13.4. The van der Waals surface area contributed by atoms with Crippen molar-refractivity contribution in [3.63, 3.8) is 0 Å². The second kappa shape index (κ2) is 10.0. The summed E-state index contributed by atoms with van der Waals surface area (Å²) < 4.78 is 7.92. The SMILES string of the molecule is O=C(NC1COC(c2ccccc2)CN(CC2CC2)C1=O)N1CCC(n2c(=O)[nH]c3ncccc32)CC1. The van der Waals surface area contributed by atoms with Gasteiger partial charge in [0.05, 0.1) is 18.7 Å². The molecule has 0 spiro atoms. The minimum absolute atomic E-state index is 0.0157. The van der Waals surface area contributed by atoms with Gasteiger partial charge in [-0.2, -0.15) is 0 Å². The van der Waals surface area contributed by atoms with Crippen molar-refractivity contribution < 1.29 is 14.3 Å². The number of carbonyl (C=O) groups excluding carboxylic acids is 2. The van der Waals surface area contributed by atoms with E-state index in [1.165, 1.54) is 0 Å². The minimum Gasteiger partial charge on any atom is -0.369 e. The molecule has 2 N–H and O–H groups in total. The van der Waals surface area contributed by atoms with E-state index < -0.39 is 6.04 Å². The summed E-state index contributed by atoms with van der Waals surface area (Å²) in [6.07, 6.45) is 5.01. The Morgan fingerprint density at radius 3 is 2.59 bits per heavy atom. The van der Waals surface area contributed by atoms with Gasteiger partial charge >= 0.3 is 11.7 Å². The minimum atomic E-state index is -0.722. The van der Waals surface area contributed by atoms with Crippen molar-refractivity contribution in [1.29, 1.82) is 0 Å². The molecule has 194 valence electrons. The highest BCUT2D eigenvalue weighted by Gasteiger charge is 2.37. The third-order valence-corrected chi connectivity index (χ3v) is 7.71. The summed E-state index contributed by atoms with van der Waals surface area (Å²) in [4.78, 5) is 49.8. The molecule has 3 amide bonds. The van der Waals surface area contributed by atoms with Gasteiger partial charge in [0.25, 0.3) is 0 Å². The van der Waals surface area contributed by atoms with Gasteiger partial charge in [-0.1, -0.05) is 30.3 Å². The van der Waals surface area contributed by atoms with Crippen LogP contribution in [-0.4, -0.2) is 75.1 Å². The Kier molecular flexibility index (Phi) is 6.42.